The molecular formula is C20H21N3O3. The van der Waals surface area contributed by atoms with Crippen LogP contribution < -0.4 is 0 Å². The van der Waals surface area contributed by atoms with Gasteiger partial charge in [0.25, 0.3) is 11.6 Å². The largest absolute Gasteiger partial charge is 0.329 e. The fraction of sp³-hybridized carbons (Fsp3) is 0.350. The normalized spacial score (nSPS) is 20.8. The second-order valence-electron chi connectivity index (χ2n) is 6.96. The van der Waals surface area contributed by atoms with Crippen molar-refractivity contribution in [2.24, 2.45) is 0 Å². The molecular weight excluding hydrogens is 330 g/mol. The highest BCUT2D eigenvalue weighted by Crippen LogP contribution is 2.34. The fourth-order valence-electron chi connectivity index (χ4n) is 3.67. The number of hydrogen-bond donors (Lipinski definition) is 0. The topological polar surface area (TPSA) is 66.7 Å². The summed E-state index contributed by atoms with van der Waals surface area (Å²) >= 11 is 0. The van der Waals surface area contributed by atoms with E-state index in [-0.39, 0.29) is 17.6 Å². The summed E-state index contributed by atoms with van der Waals surface area (Å²) in [7, 11) is 0. The quantitative estimate of drug-likeness (QED) is 0.626. The zero-order valence-electron chi connectivity index (χ0n) is 14.5. The Morgan fingerprint density at radius 3 is 2.31 bits per heavy atom. The van der Waals surface area contributed by atoms with Crippen molar-refractivity contribution in [3.8, 4) is 0 Å². The van der Waals surface area contributed by atoms with Crippen LogP contribution in [0.15, 0.2) is 54.6 Å². The minimum atomic E-state index is -0.449. The molecule has 134 valence electrons. The zero-order chi connectivity index (χ0) is 18.1. The Hall–Kier alpha value is -2.73. The van der Waals surface area contributed by atoms with Gasteiger partial charge in [-0.1, -0.05) is 30.3 Å². The molecule has 1 aliphatic carbocycles. The van der Waals surface area contributed by atoms with Crippen LogP contribution in [-0.4, -0.2) is 46.3 Å². The number of benzene rings is 2. The van der Waals surface area contributed by atoms with Gasteiger partial charge in [-0.15, -0.1) is 0 Å². The maximum Gasteiger partial charge on any atom is 0.269 e. The maximum absolute atomic E-state index is 13.1. The van der Waals surface area contributed by atoms with Crippen molar-refractivity contribution < 1.29 is 9.72 Å². The van der Waals surface area contributed by atoms with Gasteiger partial charge in [-0.25, -0.2) is 0 Å². The molecule has 2 aliphatic rings. The van der Waals surface area contributed by atoms with Gasteiger partial charge in [0.1, 0.15) is 0 Å². The molecule has 1 unspecified atom stereocenters. The lowest BCUT2D eigenvalue weighted by Crippen LogP contribution is -2.51. The third kappa shape index (κ3) is 3.32. The van der Waals surface area contributed by atoms with Crippen molar-refractivity contribution in [2.45, 2.75) is 24.9 Å². The number of piperazine rings is 1. The first kappa shape index (κ1) is 16.7. The first-order valence-corrected chi connectivity index (χ1v) is 8.98. The van der Waals surface area contributed by atoms with Crippen LogP contribution in [0.1, 0.15) is 34.8 Å². The van der Waals surface area contributed by atoms with Gasteiger partial charge in [-0.2, -0.15) is 0 Å². The standard InChI is InChI=1S/C20H21N3O3/c24-20(16-6-8-18(9-7-16)23(25)26)22-13-12-21(17-10-11-17)14-19(22)15-4-2-1-3-5-15/h1-9,17,19H,10-14H2. The summed E-state index contributed by atoms with van der Waals surface area (Å²) in [5, 5.41) is 10.8. The molecule has 0 bridgehead atoms. The van der Waals surface area contributed by atoms with Crippen molar-refractivity contribution in [3.05, 3.63) is 75.8 Å². The minimum Gasteiger partial charge on any atom is -0.329 e. The van der Waals surface area contributed by atoms with Gasteiger partial charge in [0.15, 0.2) is 0 Å². The smallest absolute Gasteiger partial charge is 0.269 e. The van der Waals surface area contributed by atoms with Gasteiger partial charge in [0, 0.05) is 43.4 Å². The predicted octanol–water partition coefficient (Wildman–Crippen LogP) is 3.26. The van der Waals surface area contributed by atoms with E-state index in [0.29, 0.717) is 18.2 Å². The van der Waals surface area contributed by atoms with Crippen LogP contribution in [0.5, 0.6) is 0 Å². The van der Waals surface area contributed by atoms with Crippen LogP contribution in [0.25, 0.3) is 0 Å². The number of carbonyl (C=O) groups excluding carboxylic acids is 1. The number of non-ortho nitro benzene ring substituents is 1. The maximum atomic E-state index is 13.1. The lowest BCUT2D eigenvalue weighted by Gasteiger charge is -2.42. The molecule has 2 fully saturated rings. The Kier molecular flexibility index (Phi) is 4.42. The summed E-state index contributed by atoms with van der Waals surface area (Å²) in [5.41, 5.74) is 1.63. The lowest BCUT2D eigenvalue weighted by atomic mass is 10.0. The Morgan fingerprint density at radius 1 is 1.00 bits per heavy atom. The van der Waals surface area contributed by atoms with Gasteiger partial charge in [0.05, 0.1) is 11.0 Å². The van der Waals surface area contributed by atoms with Crippen LogP contribution in [0.4, 0.5) is 5.69 Å². The minimum absolute atomic E-state index is 0.000267. The van der Waals surface area contributed by atoms with E-state index in [4.69, 9.17) is 0 Å². The van der Waals surface area contributed by atoms with E-state index in [0.717, 1.165) is 18.7 Å². The molecule has 0 N–H and O–H groups in total. The van der Waals surface area contributed by atoms with E-state index in [1.54, 1.807) is 12.1 Å². The van der Waals surface area contributed by atoms with Crippen molar-refractivity contribution >= 4 is 11.6 Å². The Labute approximate surface area is 152 Å². The van der Waals surface area contributed by atoms with Gasteiger partial charge < -0.3 is 4.90 Å². The SMILES string of the molecule is O=C(c1ccc([N+](=O)[O-])cc1)N1CCN(C2CC2)CC1c1ccccc1. The van der Waals surface area contributed by atoms with Crippen LogP contribution in [0.2, 0.25) is 0 Å². The third-order valence-corrected chi connectivity index (χ3v) is 5.25. The van der Waals surface area contributed by atoms with Crippen molar-refractivity contribution in [3.63, 3.8) is 0 Å². The molecule has 1 heterocycles. The number of nitro groups is 1. The summed E-state index contributed by atoms with van der Waals surface area (Å²) < 4.78 is 0. The Balaban J connectivity index is 1.59. The Bertz CT molecular complexity index is 803. The van der Waals surface area contributed by atoms with E-state index in [1.807, 2.05) is 23.1 Å². The number of rotatable bonds is 4. The zero-order valence-corrected chi connectivity index (χ0v) is 14.5. The van der Waals surface area contributed by atoms with Crippen LogP contribution >= 0.6 is 0 Å². The molecule has 1 atom stereocenters. The Morgan fingerprint density at radius 2 is 1.69 bits per heavy atom. The van der Waals surface area contributed by atoms with Gasteiger partial charge >= 0.3 is 0 Å². The van der Waals surface area contributed by atoms with Gasteiger partial charge in [-0.05, 0) is 30.5 Å². The highest BCUT2D eigenvalue weighted by atomic mass is 16.6. The van der Waals surface area contributed by atoms with Crippen molar-refractivity contribution in [2.75, 3.05) is 19.6 Å². The number of nitro benzene ring substituents is 1. The second-order valence-corrected chi connectivity index (χ2v) is 6.96. The summed E-state index contributed by atoms with van der Waals surface area (Å²) in [6, 6.07) is 16.7. The molecule has 1 aliphatic heterocycles. The molecule has 4 rings (SSSR count). The first-order valence-electron chi connectivity index (χ1n) is 8.98. The fourth-order valence-corrected chi connectivity index (χ4v) is 3.67. The summed E-state index contributed by atoms with van der Waals surface area (Å²) in [6.07, 6.45) is 2.50. The average molecular weight is 351 g/mol. The predicted molar refractivity (Wildman–Crippen MR) is 97.9 cm³/mol. The van der Waals surface area contributed by atoms with Crippen LogP contribution in [-0.2, 0) is 0 Å². The molecule has 1 saturated carbocycles. The number of hydrogen-bond acceptors (Lipinski definition) is 4. The molecule has 26 heavy (non-hydrogen) atoms. The monoisotopic (exact) mass is 351 g/mol. The molecule has 1 amide bonds. The lowest BCUT2D eigenvalue weighted by molar-refractivity contribution is -0.384. The van der Waals surface area contributed by atoms with E-state index in [2.05, 4.69) is 17.0 Å². The number of amides is 1. The van der Waals surface area contributed by atoms with Crippen LogP contribution in [0.3, 0.4) is 0 Å². The number of nitrogens with zero attached hydrogens (tertiary/aromatic N) is 3. The molecule has 6 nitrogen and oxygen atoms in total. The third-order valence-electron chi connectivity index (χ3n) is 5.25. The molecule has 2 aromatic rings. The van der Waals surface area contributed by atoms with Crippen LogP contribution in [0, 0.1) is 10.1 Å². The molecule has 2 aromatic carbocycles. The highest BCUT2D eigenvalue weighted by Gasteiger charge is 2.38. The molecule has 0 aromatic heterocycles. The molecule has 0 spiro atoms. The second kappa shape index (κ2) is 6.88. The molecule has 0 radical (unpaired) electrons. The summed E-state index contributed by atoms with van der Waals surface area (Å²) in [6.45, 7) is 2.39. The van der Waals surface area contributed by atoms with Gasteiger partial charge in [-0.3, -0.25) is 19.8 Å². The van der Waals surface area contributed by atoms with E-state index < -0.39 is 4.92 Å². The molecule has 6 heteroatoms. The summed E-state index contributed by atoms with van der Waals surface area (Å²) in [5.74, 6) is -0.0656. The average Bonchev–Trinajstić information content (AvgIpc) is 3.53. The summed E-state index contributed by atoms with van der Waals surface area (Å²) in [4.78, 5) is 27.9. The first-order chi connectivity index (χ1) is 12.6. The van der Waals surface area contributed by atoms with Crippen molar-refractivity contribution in [1.29, 1.82) is 0 Å². The molecule has 1 saturated heterocycles. The van der Waals surface area contributed by atoms with E-state index in [1.165, 1.54) is 25.0 Å². The van der Waals surface area contributed by atoms with E-state index >= 15 is 0 Å². The van der Waals surface area contributed by atoms with Crippen molar-refractivity contribution in [1.82, 2.24) is 9.80 Å². The van der Waals surface area contributed by atoms with Gasteiger partial charge in [0.2, 0.25) is 0 Å². The highest BCUT2D eigenvalue weighted by molar-refractivity contribution is 5.94. The number of carbonyl (C=O) groups is 1. The van der Waals surface area contributed by atoms with E-state index in [9.17, 15) is 14.9 Å².